The van der Waals surface area contributed by atoms with E-state index in [-0.39, 0.29) is 5.71 Å². The topological polar surface area (TPSA) is 88.1 Å². The number of nitrogens with one attached hydrogen (secondary N) is 1. The first-order valence-electron chi connectivity index (χ1n) is 6.47. The van der Waals surface area contributed by atoms with Crippen LogP contribution in [0.3, 0.4) is 0 Å². The number of hydrogen-bond acceptors (Lipinski definition) is 6. The van der Waals surface area contributed by atoms with Gasteiger partial charge in [0.05, 0.1) is 12.8 Å². The Morgan fingerprint density at radius 3 is 2.59 bits per heavy atom. The molecule has 2 atom stereocenters. The number of nitrogens with zero attached hydrogens (tertiary/aromatic N) is 2. The maximum Gasteiger partial charge on any atom is 0.355 e. The number of methoxy groups -OCH3 is 1. The number of hydrazone groups is 1. The summed E-state index contributed by atoms with van der Waals surface area (Å²) in [6.07, 6.45) is 0. The Labute approximate surface area is 134 Å². The number of halogens is 1. The zero-order valence-corrected chi connectivity index (χ0v) is 13.4. The van der Waals surface area contributed by atoms with Crippen LogP contribution < -0.4 is 10.3 Å². The number of carbonyl (C=O) groups is 3. The van der Waals surface area contributed by atoms with Crippen LogP contribution in [0.4, 0.5) is 5.69 Å². The van der Waals surface area contributed by atoms with Gasteiger partial charge in [0.1, 0.15) is 11.5 Å². The van der Waals surface area contributed by atoms with E-state index < -0.39 is 29.2 Å². The van der Waals surface area contributed by atoms with Crippen molar-refractivity contribution in [1.82, 2.24) is 5.43 Å². The van der Waals surface area contributed by atoms with Crippen LogP contribution >= 0.6 is 15.9 Å². The van der Waals surface area contributed by atoms with Gasteiger partial charge in [-0.1, -0.05) is 15.9 Å². The molecule has 0 unspecified atom stereocenters. The quantitative estimate of drug-likeness (QED) is 0.619. The summed E-state index contributed by atoms with van der Waals surface area (Å²) in [6.45, 7) is 1.55. The van der Waals surface area contributed by atoms with Gasteiger partial charge >= 0.3 is 5.97 Å². The van der Waals surface area contributed by atoms with Gasteiger partial charge in [-0.25, -0.2) is 9.69 Å². The van der Waals surface area contributed by atoms with E-state index in [9.17, 15) is 14.4 Å². The van der Waals surface area contributed by atoms with Crippen LogP contribution in [0, 0.1) is 5.92 Å². The Bertz CT molecular complexity index is 715. The highest BCUT2D eigenvalue weighted by molar-refractivity contribution is 9.10. The lowest BCUT2D eigenvalue weighted by Gasteiger charge is -2.20. The molecule has 7 nitrogen and oxygen atoms in total. The fraction of sp³-hybridized carbons (Fsp3) is 0.286. The van der Waals surface area contributed by atoms with Crippen LogP contribution in [0.1, 0.15) is 6.92 Å². The Morgan fingerprint density at radius 2 is 2.00 bits per heavy atom. The van der Waals surface area contributed by atoms with E-state index in [2.05, 4.69) is 31.2 Å². The van der Waals surface area contributed by atoms with E-state index in [0.29, 0.717) is 5.69 Å². The van der Waals surface area contributed by atoms with E-state index in [0.717, 1.165) is 9.37 Å². The highest BCUT2D eigenvalue weighted by Gasteiger charge is 2.63. The average Bonchev–Trinajstić information content (AvgIpc) is 2.95. The van der Waals surface area contributed by atoms with Crippen molar-refractivity contribution in [1.29, 1.82) is 0 Å². The summed E-state index contributed by atoms with van der Waals surface area (Å²) >= 11 is 3.30. The minimum absolute atomic E-state index is 0.0806. The molecular formula is C14H12BrN3O4. The first kappa shape index (κ1) is 14.7. The van der Waals surface area contributed by atoms with E-state index in [1.807, 2.05) is 0 Å². The summed E-state index contributed by atoms with van der Waals surface area (Å²) in [5.74, 6) is -2.66. The second-order valence-electron chi connectivity index (χ2n) is 5.19. The van der Waals surface area contributed by atoms with Gasteiger partial charge in [-0.05, 0) is 31.2 Å². The molecule has 0 aliphatic carbocycles. The van der Waals surface area contributed by atoms with Gasteiger partial charge in [0.15, 0.2) is 5.71 Å². The molecule has 2 heterocycles. The molecule has 2 amide bonds. The maximum atomic E-state index is 12.7. The van der Waals surface area contributed by atoms with Crippen molar-refractivity contribution in [2.45, 2.75) is 12.5 Å². The number of carbonyl (C=O) groups excluding carboxylic acids is 3. The number of esters is 1. The minimum atomic E-state index is -1.27. The van der Waals surface area contributed by atoms with Gasteiger partial charge in [0, 0.05) is 4.47 Å². The van der Waals surface area contributed by atoms with Crippen molar-refractivity contribution in [2.75, 3.05) is 12.0 Å². The number of hydrogen-bond donors (Lipinski definition) is 1. The second-order valence-corrected chi connectivity index (χ2v) is 6.11. The second kappa shape index (κ2) is 4.91. The summed E-state index contributed by atoms with van der Waals surface area (Å²) in [5.41, 5.74) is 1.71. The minimum Gasteiger partial charge on any atom is -0.464 e. The maximum absolute atomic E-state index is 12.7. The molecule has 0 saturated carbocycles. The molecule has 114 valence electrons. The van der Waals surface area contributed by atoms with Crippen LogP contribution in [0.15, 0.2) is 33.8 Å². The number of imide groups is 1. The molecule has 1 fully saturated rings. The molecule has 0 aromatic heterocycles. The van der Waals surface area contributed by atoms with Crippen molar-refractivity contribution in [3.63, 3.8) is 0 Å². The van der Waals surface area contributed by atoms with Gasteiger partial charge in [0.25, 0.3) is 5.91 Å². The lowest BCUT2D eigenvalue weighted by Crippen LogP contribution is -2.48. The summed E-state index contributed by atoms with van der Waals surface area (Å²) in [6, 6.07) is 6.77. The van der Waals surface area contributed by atoms with Crippen LogP contribution in [0.25, 0.3) is 0 Å². The third kappa shape index (κ3) is 1.87. The van der Waals surface area contributed by atoms with Crippen LogP contribution in [-0.4, -0.2) is 36.1 Å². The number of rotatable bonds is 2. The van der Waals surface area contributed by atoms with Crippen LogP contribution in [0.2, 0.25) is 0 Å². The fourth-order valence-corrected chi connectivity index (χ4v) is 2.94. The summed E-state index contributed by atoms with van der Waals surface area (Å²) in [5, 5.41) is 3.82. The first-order valence-corrected chi connectivity index (χ1v) is 7.26. The first-order chi connectivity index (χ1) is 10.4. The highest BCUT2D eigenvalue weighted by atomic mass is 79.9. The third-order valence-electron chi connectivity index (χ3n) is 3.85. The molecule has 1 aromatic carbocycles. The van der Waals surface area contributed by atoms with Crippen molar-refractivity contribution in [3.05, 3.63) is 28.7 Å². The number of ether oxygens (including phenoxy) is 1. The van der Waals surface area contributed by atoms with E-state index in [1.54, 1.807) is 31.2 Å². The van der Waals surface area contributed by atoms with Gasteiger partial charge in [0.2, 0.25) is 5.91 Å². The van der Waals surface area contributed by atoms with Gasteiger partial charge in [-0.15, -0.1) is 0 Å². The monoisotopic (exact) mass is 365 g/mol. The van der Waals surface area contributed by atoms with Crippen LogP contribution in [0.5, 0.6) is 0 Å². The van der Waals surface area contributed by atoms with Gasteiger partial charge in [-0.3, -0.25) is 15.0 Å². The van der Waals surface area contributed by atoms with Crippen LogP contribution in [-0.2, 0) is 19.1 Å². The zero-order valence-electron chi connectivity index (χ0n) is 11.8. The Balaban J connectivity index is 2.03. The lowest BCUT2D eigenvalue weighted by atomic mass is 9.86. The molecule has 2 aliphatic heterocycles. The van der Waals surface area contributed by atoms with Crippen molar-refractivity contribution < 1.29 is 19.1 Å². The number of benzene rings is 1. The normalized spacial score (nSPS) is 26.6. The number of fused-ring (bicyclic) bond motifs is 1. The predicted octanol–water partition coefficient (Wildman–Crippen LogP) is 0.829. The molecule has 0 spiro atoms. The van der Waals surface area contributed by atoms with Crippen molar-refractivity contribution in [3.8, 4) is 0 Å². The summed E-state index contributed by atoms with van der Waals surface area (Å²) in [4.78, 5) is 38.2. The molecule has 1 saturated heterocycles. The molecule has 1 aromatic rings. The standard InChI is InChI=1S/C14H12BrN3O4/c1-14-9(10(16-17-14)12(20)22-2)11(19)18(13(14)21)8-5-3-7(15)4-6-8/h3-6,9,17H,1-2H3/t9-,14-/m0/s1. The largest absolute Gasteiger partial charge is 0.464 e. The predicted molar refractivity (Wildman–Crippen MR) is 81.1 cm³/mol. The number of amides is 2. The van der Waals surface area contributed by atoms with E-state index in [4.69, 9.17) is 0 Å². The SMILES string of the molecule is COC(=O)C1=NN[C@]2(C)C(=O)N(c3ccc(Br)cc3)C(=O)[C@H]12. The molecule has 1 N–H and O–H groups in total. The summed E-state index contributed by atoms with van der Waals surface area (Å²) < 4.78 is 5.46. The molecule has 0 bridgehead atoms. The Kier molecular flexibility index (Phi) is 3.28. The van der Waals surface area contributed by atoms with Gasteiger partial charge < -0.3 is 4.74 Å². The highest BCUT2D eigenvalue weighted by Crippen LogP contribution is 2.38. The fourth-order valence-electron chi connectivity index (χ4n) is 2.68. The Morgan fingerprint density at radius 1 is 1.36 bits per heavy atom. The molecule has 3 rings (SSSR count). The molecule has 8 heteroatoms. The van der Waals surface area contributed by atoms with E-state index >= 15 is 0 Å². The zero-order chi connectivity index (χ0) is 16.1. The molecule has 2 aliphatic rings. The average molecular weight is 366 g/mol. The smallest absolute Gasteiger partial charge is 0.355 e. The summed E-state index contributed by atoms with van der Waals surface area (Å²) in [7, 11) is 1.20. The lowest BCUT2D eigenvalue weighted by molar-refractivity contribution is -0.133. The van der Waals surface area contributed by atoms with E-state index in [1.165, 1.54) is 7.11 Å². The molecule has 0 radical (unpaired) electrons. The van der Waals surface area contributed by atoms with Gasteiger partial charge in [-0.2, -0.15) is 5.10 Å². The van der Waals surface area contributed by atoms with Crippen molar-refractivity contribution >= 4 is 45.1 Å². The molecule has 22 heavy (non-hydrogen) atoms. The Hall–Kier alpha value is -2.22. The third-order valence-corrected chi connectivity index (χ3v) is 4.38. The molecular weight excluding hydrogens is 354 g/mol. The number of anilines is 1. The van der Waals surface area contributed by atoms with Crippen molar-refractivity contribution in [2.24, 2.45) is 11.0 Å².